The van der Waals surface area contributed by atoms with Gasteiger partial charge in [-0.3, -0.25) is 4.68 Å². The summed E-state index contributed by atoms with van der Waals surface area (Å²) in [6.07, 6.45) is -2.71. The van der Waals surface area contributed by atoms with E-state index in [1.165, 1.54) is 0 Å². The number of halogens is 3. The van der Waals surface area contributed by atoms with Crippen LogP contribution in [0.25, 0.3) is 11.0 Å². The van der Waals surface area contributed by atoms with Gasteiger partial charge in [0.05, 0.1) is 18.8 Å². The van der Waals surface area contributed by atoms with Crippen LogP contribution in [-0.2, 0) is 11.3 Å². The van der Waals surface area contributed by atoms with Crippen LogP contribution in [0, 0.1) is 0 Å². The lowest BCUT2D eigenvalue weighted by atomic mass is 10.1. The molecule has 9 nitrogen and oxygen atoms in total. The molecule has 1 saturated heterocycles. The average Bonchev–Trinajstić information content (AvgIpc) is 3.15. The fourth-order valence-corrected chi connectivity index (χ4v) is 4.26. The van der Waals surface area contributed by atoms with Crippen LogP contribution < -0.4 is 15.5 Å². The van der Waals surface area contributed by atoms with E-state index in [1.54, 1.807) is 10.9 Å². The Balaban J connectivity index is 1.77. The van der Waals surface area contributed by atoms with E-state index in [-0.39, 0.29) is 31.2 Å². The molecule has 3 aromatic rings. The highest BCUT2D eigenvalue weighted by Crippen LogP contribution is 2.31. The van der Waals surface area contributed by atoms with Crippen LogP contribution in [0.1, 0.15) is 39.3 Å². The van der Waals surface area contributed by atoms with Gasteiger partial charge in [0.15, 0.2) is 5.82 Å². The van der Waals surface area contributed by atoms with Gasteiger partial charge in [0, 0.05) is 31.4 Å². The van der Waals surface area contributed by atoms with Crippen molar-refractivity contribution >= 4 is 28.6 Å². The Kier molecular flexibility index (Phi) is 7.41. The molecule has 0 aromatic carbocycles. The van der Waals surface area contributed by atoms with Gasteiger partial charge < -0.3 is 20.3 Å². The minimum absolute atomic E-state index is 0.0427. The summed E-state index contributed by atoms with van der Waals surface area (Å²) in [5, 5.41) is 11.5. The van der Waals surface area contributed by atoms with Crippen LogP contribution >= 0.6 is 0 Å². The van der Waals surface area contributed by atoms with E-state index >= 15 is 0 Å². The predicted octanol–water partition coefficient (Wildman–Crippen LogP) is 3.85. The third-order valence-corrected chi connectivity index (χ3v) is 5.61. The molecular formula is C23H31F3N8O. The number of nitrogens with zero attached hydrogens (tertiary/aromatic N) is 6. The number of fused-ring (bicyclic) bond motifs is 1. The van der Waals surface area contributed by atoms with Gasteiger partial charge in [-0.05, 0) is 31.9 Å². The van der Waals surface area contributed by atoms with Gasteiger partial charge in [0.2, 0.25) is 5.95 Å². The summed E-state index contributed by atoms with van der Waals surface area (Å²) in [6, 6.07) is 6.02. The number of hydrogen-bond acceptors (Lipinski definition) is 8. The molecular weight excluding hydrogens is 461 g/mol. The Bertz CT molecular complexity index is 1130. The number of rotatable bonds is 8. The van der Waals surface area contributed by atoms with Crippen LogP contribution in [0.5, 0.6) is 0 Å². The summed E-state index contributed by atoms with van der Waals surface area (Å²) in [6.45, 7) is 8.42. The number of aromatic nitrogens is 5. The second kappa shape index (κ2) is 10.3. The topological polar surface area (TPSA) is 93.0 Å². The number of anilines is 3. The minimum atomic E-state index is -4.38. The van der Waals surface area contributed by atoms with Crippen molar-refractivity contribution in [3.05, 3.63) is 30.1 Å². The smallest absolute Gasteiger partial charge is 0.370 e. The summed E-state index contributed by atoms with van der Waals surface area (Å²) in [5.74, 6) is 1.71. The van der Waals surface area contributed by atoms with Crippen LogP contribution in [0.3, 0.4) is 0 Å². The molecule has 0 aliphatic carbocycles. The van der Waals surface area contributed by atoms with Crippen molar-refractivity contribution in [2.45, 2.75) is 58.4 Å². The number of hydrogen-bond donors (Lipinski definition) is 2. The van der Waals surface area contributed by atoms with E-state index in [1.807, 2.05) is 32.0 Å². The molecule has 35 heavy (non-hydrogen) atoms. The number of piperazine rings is 1. The monoisotopic (exact) mass is 492 g/mol. The molecule has 1 aliphatic rings. The first-order valence-corrected chi connectivity index (χ1v) is 11.7. The number of nitrogens with one attached hydrogen (secondary N) is 2. The SMILES string of the molecule is CC(C)c1nn(CCOCC(F)(F)F)c2c(Nc3ccccn3)nc(N3C[C@@H](C)N[C@@H](C)C3)nc12. The van der Waals surface area contributed by atoms with Gasteiger partial charge in [-0.15, -0.1) is 0 Å². The maximum absolute atomic E-state index is 12.5. The van der Waals surface area contributed by atoms with Gasteiger partial charge in [0.25, 0.3) is 0 Å². The van der Waals surface area contributed by atoms with E-state index in [9.17, 15) is 13.2 Å². The van der Waals surface area contributed by atoms with Crippen molar-refractivity contribution in [2.24, 2.45) is 0 Å². The lowest BCUT2D eigenvalue weighted by molar-refractivity contribution is -0.174. The molecule has 3 aromatic heterocycles. The summed E-state index contributed by atoms with van der Waals surface area (Å²) in [7, 11) is 0. The third-order valence-electron chi connectivity index (χ3n) is 5.61. The molecule has 0 amide bonds. The third kappa shape index (κ3) is 6.17. The van der Waals surface area contributed by atoms with Crippen molar-refractivity contribution in [1.29, 1.82) is 0 Å². The fraction of sp³-hybridized carbons (Fsp3) is 0.565. The Labute approximate surface area is 202 Å². The van der Waals surface area contributed by atoms with E-state index in [0.717, 1.165) is 18.8 Å². The van der Waals surface area contributed by atoms with Crippen LogP contribution in [-0.4, -0.2) is 69.3 Å². The molecule has 0 unspecified atom stereocenters. The van der Waals surface area contributed by atoms with Crippen LogP contribution in [0.15, 0.2) is 24.4 Å². The van der Waals surface area contributed by atoms with Gasteiger partial charge in [-0.25, -0.2) is 9.97 Å². The Morgan fingerprint density at radius 3 is 2.54 bits per heavy atom. The lowest BCUT2D eigenvalue weighted by Gasteiger charge is -2.36. The van der Waals surface area contributed by atoms with Gasteiger partial charge >= 0.3 is 6.18 Å². The van der Waals surface area contributed by atoms with Gasteiger partial charge in [-0.1, -0.05) is 19.9 Å². The summed E-state index contributed by atoms with van der Waals surface area (Å²) in [5.41, 5.74) is 2.02. The Morgan fingerprint density at radius 1 is 1.17 bits per heavy atom. The Morgan fingerprint density at radius 2 is 1.91 bits per heavy atom. The molecule has 4 heterocycles. The quantitative estimate of drug-likeness (QED) is 0.458. The first kappa shape index (κ1) is 25.1. The molecule has 0 saturated carbocycles. The molecule has 12 heteroatoms. The molecule has 1 aliphatic heterocycles. The van der Waals surface area contributed by atoms with Gasteiger partial charge in [-0.2, -0.15) is 23.3 Å². The molecule has 0 radical (unpaired) electrons. The van der Waals surface area contributed by atoms with E-state index in [2.05, 4.69) is 34.4 Å². The zero-order valence-corrected chi connectivity index (χ0v) is 20.3. The van der Waals surface area contributed by atoms with E-state index in [0.29, 0.717) is 28.6 Å². The molecule has 0 bridgehead atoms. The largest absolute Gasteiger partial charge is 0.411 e. The summed E-state index contributed by atoms with van der Waals surface area (Å²) >= 11 is 0. The number of ether oxygens (including phenoxy) is 1. The Hall–Kier alpha value is -2.99. The van der Waals surface area contributed by atoms with Crippen molar-refractivity contribution < 1.29 is 17.9 Å². The second-order valence-electron chi connectivity index (χ2n) is 9.21. The van der Waals surface area contributed by atoms with E-state index in [4.69, 9.17) is 19.8 Å². The standard InChI is InChI=1S/C23H31F3N8O/c1-14(2)18-19-20(34(32-18)9-10-35-13-23(24,25)26)21(29-17-7-5-6-8-27-17)31-22(30-19)33-11-15(3)28-16(4)12-33/h5-8,14-16,28H,9-13H2,1-4H3,(H,27,29,30,31)/t15-,16+. The van der Waals surface area contributed by atoms with Crippen molar-refractivity contribution in [2.75, 3.05) is 36.5 Å². The maximum atomic E-state index is 12.5. The number of alkyl halides is 3. The normalized spacial score (nSPS) is 19.0. The van der Waals surface area contributed by atoms with Crippen LogP contribution in [0.4, 0.5) is 30.8 Å². The lowest BCUT2D eigenvalue weighted by Crippen LogP contribution is -2.54. The predicted molar refractivity (Wildman–Crippen MR) is 128 cm³/mol. The van der Waals surface area contributed by atoms with Crippen molar-refractivity contribution in [3.8, 4) is 0 Å². The zero-order valence-electron chi connectivity index (χ0n) is 20.3. The highest BCUT2D eigenvalue weighted by Gasteiger charge is 2.28. The summed E-state index contributed by atoms with van der Waals surface area (Å²) in [4.78, 5) is 16.2. The number of pyridine rings is 1. The molecule has 190 valence electrons. The first-order chi connectivity index (χ1) is 16.6. The molecule has 2 N–H and O–H groups in total. The molecule has 4 rings (SSSR count). The highest BCUT2D eigenvalue weighted by molar-refractivity contribution is 5.90. The minimum Gasteiger partial charge on any atom is -0.370 e. The maximum Gasteiger partial charge on any atom is 0.411 e. The van der Waals surface area contributed by atoms with Crippen molar-refractivity contribution in [1.82, 2.24) is 30.0 Å². The average molecular weight is 493 g/mol. The molecule has 1 fully saturated rings. The molecule has 0 spiro atoms. The van der Waals surface area contributed by atoms with E-state index < -0.39 is 12.8 Å². The first-order valence-electron chi connectivity index (χ1n) is 11.7. The highest BCUT2D eigenvalue weighted by atomic mass is 19.4. The fourth-order valence-electron chi connectivity index (χ4n) is 4.26. The van der Waals surface area contributed by atoms with Crippen molar-refractivity contribution in [3.63, 3.8) is 0 Å². The molecule has 2 atom stereocenters. The van der Waals surface area contributed by atoms with Crippen LogP contribution in [0.2, 0.25) is 0 Å². The zero-order chi connectivity index (χ0) is 25.2. The van der Waals surface area contributed by atoms with Gasteiger partial charge in [0.1, 0.15) is 23.5 Å². The second-order valence-corrected chi connectivity index (χ2v) is 9.21. The summed E-state index contributed by atoms with van der Waals surface area (Å²) < 4.78 is 44.1.